The van der Waals surface area contributed by atoms with Gasteiger partial charge in [0, 0.05) is 25.7 Å². The molecular formula is C46H52O4. The number of carbonyl (C=O) groups is 2. The van der Waals surface area contributed by atoms with E-state index < -0.39 is 0 Å². The summed E-state index contributed by atoms with van der Waals surface area (Å²) in [6.45, 7) is 26.6. The van der Waals surface area contributed by atoms with Gasteiger partial charge in [0.2, 0.25) is 0 Å². The van der Waals surface area contributed by atoms with Gasteiger partial charge in [0.25, 0.3) is 0 Å². The van der Waals surface area contributed by atoms with E-state index in [-0.39, 0.29) is 33.6 Å². The summed E-state index contributed by atoms with van der Waals surface area (Å²) in [5, 5.41) is 0. The van der Waals surface area contributed by atoms with E-state index in [1.807, 2.05) is 0 Å². The van der Waals surface area contributed by atoms with E-state index >= 15 is 0 Å². The first kappa shape index (κ1) is 34.3. The Kier molecular flexibility index (Phi) is 7.65. The van der Waals surface area contributed by atoms with Crippen LogP contribution < -0.4 is 9.47 Å². The maximum atomic E-state index is 14.5. The molecule has 3 heterocycles. The van der Waals surface area contributed by atoms with Gasteiger partial charge in [-0.3, -0.25) is 0 Å². The molecule has 3 aliphatic heterocycles. The minimum atomic E-state index is -0.319. The Morgan fingerprint density at radius 2 is 0.560 bits per heavy atom. The molecule has 0 aromatic heterocycles. The molecule has 0 unspecified atom stereocenters. The summed E-state index contributed by atoms with van der Waals surface area (Å²) in [5.41, 5.74) is 13.0. The molecule has 7 rings (SSSR count). The smallest absolute Gasteiger partial charge is 0.344 e. The Morgan fingerprint density at radius 1 is 0.360 bits per heavy atom. The van der Waals surface area contributed by atoms with Crippen LogP contribution in [0.4, 0.5) is 0 Å². The molecule has 4 heteroatoms. The summed E-state index contributed by atoms with van der Waals surface area (Å²) in [6.07, 6.45) is 2.04. The highest BCUT2D eigenvalue weighted by Gasteiger charge is 2.35. The number of hydrogen-bond acceptors (Lipinski definition) is 4. The highest BCUT2D eigenvalue weighted by Crippen LogP contribution is 2.44. The standard InChI is InChI=1S/C46H52O4/c1-43(2,3)33-17-25-13-29-21-35(45(7,8)9)24-32-16-28-20-34(44(4,5)6)18-26-14-30-22-36(46(10,11)12)23-31(40(30)50-42(48)38(26)28)15-27(19-33)37(25)41(47)49-39(29)32/h17-24H,13-16H2,1-12H3. The fourth-order valence-corrected chi connectivity index (χ4v) is 7.75. The van der Waals surface area contributed by atoms with E-state index in [1.54, 1.807) is 0 Å². The van der Waals surface area contributed by atoms with E-state index in [0.717, 1.165) is 44.5 Å². The molecule has 0 radical (unpaired) electrons. The van der Waals surface area contributed by atoms with Crippen molar-refractivity contribution >= 4 is 11.9 Å². The zero-order chi connectivity index (χ0) is 36.3. The molecule has 4 nitrogen and oxygen atoms in total. The van der Waals surface area contributed by atoms with Gasteiger partial charge in [-0.1, -0.05) is 132 Å². The Labute approximate surface area is 298 Å². The molecule has 0 aliphatic carbocycles. The van der Waals surface area contributed by atoms with Crippen molar-refractivity contribution in [1.29, 1.82) is 0 Å². The summed E-state index contributed by atoms with van der Waals surface area (Å²) in [5.74, 6) is 0.599. The molecule has 0 saturated heterocycles. The third kappa shape index (κ3) is 5.99. The largest absolute Gasteiger partial charge is 0.422 e. The van der Waals surface area contributed by atoms with Crippen LogP contribution in [0.2, 0.25) is 0 Å². The molecule has 4 aromatic rings. The van der Waals surface area contributed by atoms with Crippen LogP contribution in [0.25, 0.3) is 0 Å². The Balaban J connectivity index is 1.63. The van der Waals surface area contributed by atoms with Crippen molar-refractivity contribution in [2.24, 2.45) is 0 Å². The highest BCUT2D eigenvalue weighted by molar-refractivity contribution is 5.98. The predicted molar refractivity (Wildman–Crippen MR) is 202 cm³/mol. The third-order valence-corrected chi connectivity index (χ3v) is 10.9. The van der Waals surface area contributed by atoms with Crippen LogP contribution in [-0.4, -0.2) is 11.9 Å². The number of ether oxygens (including phenoxy) is 2. The third-order valence-electron chi connectivity index (χ3n) is 10.9. The summed E-state index contributed by atoms with van der Waals surface area (Å²) in [7, 11) is 0. The number of carbonyl (C=O) groups excluding carboxylic acids is 2. The van der Waals surface area contributed by atoms with E-state index in [1.165, 1.54) is 22.3 Å². The van der Waals surface area contributed by atoms with Crippen molar-refractivity contribution < 1.29 is 19.1 Å². The first-order chi connectivity index (χ1) is 23.1. The molecule has 50 heavy (non-hydrogen) atoms. The fraction of sp³-hybridized carbons (Fsp3) is 0.435. The second kappa shape index (κ2) is 11.2. The average molecular weight is 669 g/mol. The maximum Gasteiger partial charge on any atom is 0.344 e. The Bertz CT molecular complexity index is 1960. The lowest BCUT2D eigenvalue weighted by Crippen LogP contribution is -2.20. The molecule has 4 bridgehead atoms. The topological polar surface area (TPSA) is 52.6 Å². The van der Waals surface area contributed by atoms with Gasteiger partial charge in [-0.25, -0.2) is 9.59 Å². The lowest BCUT2D eigenvalue weighted by molar-refractivity contribution is 0.0720. The molecule has 0 amide bonds. The van der Waals surface area contributed by atoms with Crippen LogP contribution in [0.15, 0.2) is 48.5 Å². The van der Waals surface area contributed by atoms with Gasteiger partial charge in [-0.2, -0.15) is 0 Å². The highest BCUT2D eigenvalue weighted by atomic mass is 16.5. The molecule has 0 atom stereocenters. The van der Waals surface area contributed by atoms with Crippen molar-refractivity contribution in [3.8, 4) is 11.5 Å². The number of hydrogen-bond donors (Lipinski definition) is 0. The molecule has 3 aliphatic rings. The molecule has 0 spiro atoms. The second-order valence-corrected chi connectivity index (χ2v) is 19.1. The minimum absolute atomic E-state index is 0.144. The van der Waals surface area contributed by atoms with Gasteiger partial charge >= 0.3 is 11.9 Å². The molecule has 260 valence electrons. The van der Waals surface area contributed by atoms with Gasteiger partial charge in [-0.05, 0) is 88.4 Å². The van der Waals surface area contributed by atoms with Gasteiger partial charge in [0.1, 0.15) is 11.5 Å². The van der Waals surface area contributed by atoms with Crippen molar-refractivity contribution in [1.82, 2.24) is 0 Å². The van der Waals surface area contributed by atoms with Crippen LogP contribution in [0, 0.1) is 0 Å². The Morgan fingerprint density at radius 3 is 0.760 bits per heavy atom. The maximum absolute atomic E-state index is 14.5. The van der Waals surface area contributed by atoms with Crippen LogP contribution in [0.1, 0.15) is 171 Å². The molecule has 0 N–H and O–H groups in total. The summed E-state index contributed by atoms with van der Waals surface area (Å²) < 4.78 is 13.1. The van der Waals surface area contributed by atoms with E-state index in [0.29, 0.717) is 48.3 Å². The number of benzene rings is 4. The first-order valence-corrected chi connectivity index (χ1v) is 18.2. The normalized spacial score (nSPS) is 15.7. The fourth-order valence-electron chi connectivity index (χ4n) is 7.75. The van der Waals surface area contributed by atoms with Crippen molar-refractivity contribution in [2.45, 2.75) is 130 Å². The van der Waals surface area contributed by atoms with E-state index in [9.17, 15) is 9.59 Å². The van der Waals surface area contributed by atoms with Crippen molar-refractivity contribution in [3.05, 3.63) is 126 Å². The quantitative estimate of drug-likeness (QED) is 0.122. The molecule has 4 aromatic carbocycles. The lowest BCUT2D eigenvalue weighted by atomic mass is 9.78. The monoisotopic (exact) mass is 668 g/mol. The predicted octanol–water partition coefficient (Wildman–Crippen LogP) is 10.6. The number of fused-ring (bicyclic) bond motifs is 2. The summed E-state index contributed by atoms with van der Waals surface area (Å²) in [6, 6.07) is 17.6. The minimum Gasteiger partial charge on any atom is -0.422 e. The second-order valence-electron chi connectivity index (χ2n) is 19.1. The summed E-state index contributed by atoms with van der Waals surface area (Å²) in [4.78, 5) is 29.1. The van der Waals surface area contributed by atoms with Crippen molar-refractivity contribution in [3.63, 3.8) is 0 Å². The van der Waals surface area contributed by atoms with Gasteiger partial charge in [0.15, 0.2) is 0 Å². The van der Waals surface area contributed by atoms with Gasteiger partial charge in [0.05, 0.1) is 11.1 Å². The van der Waals surface area contributed by atoms with Gasteiger partial charge < -0.3 is 9.47 Å². The average Bonchev–Trinajstić information content (AvgIpc) is 3.21. The van der Waals surface area contributed by atoms with Crippen LogP contribution >= 0.6 is 0 Å². The van der Waals surface area contributed by atoms with E-state index in [4.69, 9.17) is 9.47 Å². The molecular weight excluding hydrogens is 617 g/mol. The number of rotatable bonds is 0. The lowest BCUT2D eigenvalue weighted by Gasteiger charge is -2.25. The Hall–Kier alpha value is -4.18. The SMILES string of the molecule is CC(C)(C)c1cc2c3c(c1)Cc1cc(C(C)(C)C)cc4c1C(=O)Oc1c(cc(C(C)(C)C)cc1Cc1cc(C(C)(C)C)cc(c1C(=O)O3)C2)C4. The summed E-state index contributed by atoms with van der Waals surface area (Å²) >= 11 is 0. The zero-order valence-corrected chi connectivity index (χ0v) is 32.1. The van der Waals surface area contributed by atoms with Gasteiger partial charge in [-0.15, -0.1) is 0 Å². The zero-order valence-electron chi connectivity index (χ0n) is 32.1. The van der Waals surface area contributed by atoms with Crippen LogP contribution in [0.5, 0.6) is 11.5 Å². The van der Waals surface area contributed by atoms with E-state index in [2.05, 4.69) is 132 Å². The van der Waals surface area contributed by atoms with Crippen LogP contribution in [0.3, 0.4) is 0 Å². The molecule has 0 fully saturated rings. The first-order valence-electron chi connectivity index (χ1n) is 18.2. The molecule has 0 saturated carbocycles. The number of esters is 2. The van der Waals surface area contributed by atoms with Crippen molar-refractivity contribution in [2.75, 3.05) is 0 Å². The van der Waals surface area contributed by atoms with Crippen LogP contribution in [-0.2, 0) is 47.3 Å².